The van der Waals surface area contributed by atoms with Gasteiger partial charge in [0.05, 0.1) is 12.5 Å². The number of hydrogen-bond donors (Lipinski definition) is 0. The van der Waals surface area contributed by atoms with Gasteiger partial charge in [-0.3, -0.25) is 0 Å². The van der Waals surface area contributed by atoms with Gasteiger partial charge in [-0.15, -0.1) is 0 Å². The molecular formula is C5H6O4S. The van der Waals surface area contributed by atoms with Gasteiger partial charge in [0.1, 0.15) is 6.26 Å². The first-order valence-corrected chi connectivity index (χ1v) is 4.31. The van der Waals surface area contributed by atoms with E-state index in [-0.39, 0.29) is 5.75 Å². The van der Waals surface area contributed by atoms with Crippen molar-refractivity contribution in [3.63, 3.8) is 0 Å². The average Bonchev–Trinajstić information content (AvgIpc) is 2.12. The average molecular weight is 162 g/mol. The molecule has 0 aliphatic heterocycles. The van der Waals surface area contributed by atoms with Crippen molar-refractivity contribution in [2.75, 3.05) is 6.26 Å². The quantitative estimate of drug-likeness (QED) is 0.598. The molecule has 0 spiro atoms. The lowest BCUT2D eigenvalue weighted by Crippen LogP contribution is -2.04. The van der Waals surface area contributed by atoms with Crippen LogP contribution in [0.2, 0.25) is 0 Å². The summed E-state index contributed by atoms with van der Waals surface area (Å²) in [6, 6.07) is 1.42. The molecule has 1 aromatic rings. The SMILES string of the molecule is CS(=O)(=O)Oc1ccoc1. The van der Waals surface area contributed by atoms with Gasteiger partial charge in [0.15, 0.2) is 5.75 Å². The van der Waals surface area contributed by atoms with E-state index in [1.807, 2.05) is 0 Å². The molecule has 1 heterocycles. The Hall–Kier alpha value is -0.970. The highest BCUT2D eigenvalue weighted by molar-refractivity contribution is 7.86. The highest BCUT2D eigenvalue weighted by atomic mass is 32.2. The molecule has 0 aliphatic carbocycles. The Labute approximate surface area is 58.5 Å². The zero-order valence-electron chi connectivity index (χ0n) is 5.27. The zero-order valence-corrected chi connectivity index (χ0v) is 6.09. The number of hydrogen-bond acceptors (Lipinski definition) is 4. The summed E-state index contributed by atoms with van der Waals surface area (Å²) in [5, 5.41) is 0. The van der Waals surface area contributed by atoms with E-state index in [0.717, 1.165) is 6.26 Å². The maximum atomic E-state index is 10.4. The second-order valence-electron chi connectivity index (χ2n) is 1.75. The van der Waals surface area contributed by atoms with Crippen LogP contribution in [-0.4, -0.2) is 14.7 Å². The summed E-state index contributed by atoms with van der Waals surface area (Å²) in [6.45, 7) is 0. The summed E-state index contributed by atoms with van der Waals surface area (Å²) >= 11 is 0. The van der Waals surface area contributed by atoms with Crippen LogP contribution in [0.25, 0.3) is 0 Å². The van der Waals surface area contributed by atoms with E-state index in [0.29, 0.717) is 0 Å². The number of rotatable bonds is 2. The van der Waals surface area contributed by atoms with Gasteiger partial charge < -0.3 is 8.60 Å². The maximum absolute atomic E-state index is 10.4. The molecule has 10 heavy (non-hydrogen) atoms. The van der Waals surface area contributed by atoms with E-state index in [1.54, 1.807) is 0 Å². The molecule has 0 fully saturated rings. The molecule has 0 unspecified atom stereocenters. The first-order valence-electron chi connectivity index (χ1n) is 2.49. The summed E-state index contributed by atoms with van der Waals surface area (Å²) in [6.07, 6.45) is 3.52. The predicted octanol–water partition coefficient (Wildman–Crippen LogP) is 0.618. The van der Waals surface area contributed by atoms with Gasteiger partial charge in [-0.2, -0.15) is 8.42 Å². The topological polar surface area (TPSA) is 56.5 Å². The second kappa shape index (κ2) is 2.34. The van der Waals surface area contributed by atoms with E-state index < -0.39 is 10.1 Å². The van der Waals surface area contributed by atoms with Gasteiger partial charge >= 0.3 is 10.1 Å². The molecule has 1 rings (SSSR count). The van der Waals surface area contributed by atoms with Crippen molar-refractivity contribution < 1.29 is 17.0 Å². The first kappa shape index (κ1) is 7.14. The van der Waals surface area contributed by atoms with Gasteiger partial charge in [-0.25, -0.2) is 0 Å². The summed E-state index contributed by atoms with van der Waals surface area (Å²) < 4.78 is 29.9. The lowest BCUT2D eigenvalue weighted by atomic mass is 10.6. The van der Waals surface area contributed by atoms with Crippen molar-refractivity contribution >= 4 is 10.1 Å². The van der Waals surface area contributed by atoms with Gasteiger partial charge in [0, 0.05) is 6.07 Å². The summed E-state index contributed by atoms with van der Waals surface area (Å²) in [5.41, 5.74) is 0. The highest BCUT2D eigenvalue weighted by Gasteiger charge is 2.03. The van der Waals surface area contributed by atoms with Crippen LogP contribution in [0.3, 0.4) is 0 Å². The third-order valence-electron chi connectivity index (χ3n) is 0.743. The molecule has 0 saturated heterocycles. The molecule has 5 heteroatoms. The first-order chi connectivity index (χ1) is 4.58. The standard InChI is InChI=1S/C5H6O4S/c1-10(6,7)9-5-2-3-8-4-5/h2-4H,1H3. The molecule has 1 aromatic heterocycles. The van der Waals surface area contributed by atoms with Crippen molar-refractivity contribution in [1.82, 2.24) is 0 Å². The van der Waals surface area contributed by atoms with E-state index in [9.17, 15) is 8.42 Å². The van der Waals surface area contributed by atoms with Gasteiger partial charge in [-0.05, 0) is 0 Å². The third kappa shape index (κ3) is 2.10. The molecule has 56 valence electrons. The van der Waals surface area contributed by atoms with Crippen molar-refractivity contribution in [2.24, 2.45) is 0 Å². The van der Waals surface area contributed by atoms with E-state index in [2.05, 4.69) is 8.60 Å². The lowest BCUT2D eigenvalue weighted by molar-refractivity contribution is 0.482. The second-order valence-corrected chi connectivity index (χ2v) is 3.32. The monoisotopic (exact) mass is 162 g/mol. The largest absolute Gasteiger partial charge is 0.469 e. The minimum atomic E-state index is -3.41. The van der Waals surface area contributed by atoms with Crippen molar-refractivity contribution in [1.29, 1.82) is 0 Å². The molecule has 0 aliphatic rings. The predicted molar refractivity (Wildman–Crippen MR) is 34.2 cm³/mol. The molecule has 0 saturated carbocycles. The van der Waals surface area contributed by atoms with Crippen LogP contribution < -0.4 is 4.18 Å². The summed E-state index contributed by atoms with van der Waals surface area (Å²) in [5.74, 6) is 0.197. The molecule has 0 amide bonds. The van der Waals surface area contributed by atoms with Crippen molar-refractivity contribution in [3.8, 4) is 5.75 Å². The van der Waals surface area contributed by atoms with Crippen molar-refractivity contribution in [3.05, 3.63) is 18.6 Å². The van der Waals surface area contributed by atoms with Gasteiger partial charge in [0.25, 0.3) is 0 Å². The molecule has 0 aromatic carbocycles. The van der Waals surface area contributed by atoms with Crippen LogP contribution in [0.4, 0.5) is 0 Å². The van der Waals surface area contributed by atoms with Crippen LogP contribution >= 0.6 is 0 Å². The Kier molecular flexibility index (Phi) is 1.67. The highest BCUT2D eigenvalue weighted by Crippen LogP contribution is 2.11. The molecule has 0 atom stereocenters. The summed E-state index contributed by atoms with van der Waals surface area (Å²) in [7, 11) is -3.41. The molecule has 4 nitrogen and oxygen atoms in total. The normalized spacial score (nSPS) is 11.3. The van der Waals surface area contributed by atoms with Gasteiger partial charge in [0.2, 0.25) is 0 Å². The van der Waals surface area contributed by atoms with Crippen LogP contribution in [-0.2, 0) is 10.1 Å². The zero-order chi connectivity index (χ0) is 7.61. The van der Waals surface area contributed by atoms with E-state index in [4.69, 9.17) is 0 Å². The minimum absolute atomic E-state index is 0.197. The Morgan fingerprint density at radius 3 is 2.70 bits per heavy atom. The van der Waals surface area contributed by atoms with Crippen molar-refractivity contribution in [2.45, 2.75) is 0 Å². The van der Waals surface area contributed by atoms with E-state index >= 15 is 0 Å². The number of furan rings is 1. The fourth-order valence-electron chi connectivity index (χ4n) is 0.474. The molecular weight excluding hydrogens is 156 g/mol. The maximum Gasteiger partial charge on any atom is 0.306 e. The molecule has 0 N–H and O–H groups in total. The third-order valence-corrected chi connectivity index (χ3v) is 1.24. The smallest absolute Gasteiger partial charge is 0.306 e. The van der Waals surface area contributed by atoms with E-state index in [1.165, 1.54) is 18.6 Å². The fourth-order valence-corrected chi connectivity index (χ4v) is 0.919. The van der Waals surface area contributed by atoms with Crippen LogP contribution in [0.5, 0.6) is 5.75 Å². The fraction of sp³-hybridized carbons (Fsp3) is 0.200. The Morgan fingerprint density at radius 1 is 1.60 bits per heavy atom. The molecule has 0 bridgehead atoms. The lowest BCUT2D eigenvalue weighted by Gasteiger charge is -1.95. The Morgan fingerprint density at radius 2 is 2.30 bits per heavy atom. The van der Waals surface area contributed by atoms with Crippen LogP contribution in [0.15, 0.2) is 23.0 Å². The molecule has 0 radical (unpaired) electrons. The van der Waals surface area contributed by atoms with Gasteiger partial charge in [-0.1, -0.05) is 0 Å². The van der Waals surface area contributed by atoms with Crippen LogP contribution in [0, 0.1) is 0 Å². The Balaban J connectivity index is 2.75. The van der Waals surface area contributed by atoms with Crippen LogP contribution in [0.1, 0.15) is 0 Å². The Bertz CT molecular complexity index is 283. The minimum Gasteiger partial charge on any atom is -0.469 e. The summed E-state index contributed by atoms with van der Waals surface area (Å²) in [4.78, 5) is 0.